The van der Waals surface area contributed by atoms with E-state index >= 15 is 0 Å². The van der Waals surface area contributed by atoms with Crippen molar-refractivity contribution >= 4 is 28.9 Å². The van der Waals surface area contributed by atoms with Crippen molar-refractivity contribution in [2.75, 3.05) is 31.0 Å². The smallest absolute Gasteiger partial charge is 0.244 e. The lowest BCUT2D eigenvalue weighted by atomic mass is 10.2. The predicted octanol–water partition coefficient (Wildman–Crippen LogP) is 4.52. The number of ether oxygens (including phenoxy) is 2. The highest BCUT2D eigenvalue weighted by Gasteiger charge is 2.17. The van der Waals surface area contributed by atoms with Crippen LogP contribution in [-0.2, 0) is 4.79 Å². The molecule has 0 bridgehead atoms. The van der Waals surface area contributed by atoms with E-state index in [4.69, 9.17) is 21.1 Å². The Hall–Kier alpha value is -2.40. The monoisotopic (exact) mass is 376 g/mol. The standard InChI is InChI=1S/C20H25ClN2O3/c1-13(2)23(15-8-6-14(3)7-9-15)12-20(24)22-17-10-16(21)18(25-4)11-19(17)26-5/h6-11,13H,12H2,1-5H3,(H,22,24). The molecule has 0 unspecified atom stereocenters. The number of hydrogen-bond acceptors (Lipinski definition) is 4. The van der Waals surface area contributed by atoms with E-state index in [1.807, 2.05) is 36.1 Å². The molecular formula is C20H25ClN2O3. The topological polar surface area (TPSA) is 50.8 Å². The van der Waals surface area contributed by atoms with E-state index in [0.29, 0.717) is 22.2 Å². The molecule has 0 aliphatic carbocycles. The van der Waals surface area contributed by atoms with Crippen molar-refractivity contribution in [2.24, 2.45) is 0 Å². The first-order valence-corrected chi connectivity index (χ1v) is 8.78. The third-order valence-corrected chi connectivity index (χ3v) is 4.35. The quantitative estimate of drug-likeness (QED) is 0.771. The van der Waals surface area contributed by atoms with Crippen LogP contribution in [0.5, 0.6) is 11.5 Å². The third-order valence-electron chi connectivity index (χ3n) is 4.05. The van der Waals surface area contributed by atoms with Crippen LogP contribution in [0.25, 0.3) is 0 Å². The van der Waals surface area contributed by atoms with Crippen molar-refractivity contribution in [2.45, 2.75) is 26.8 Å². The molecule has 0 radical (unpaired) electrons. The molecule has 2 aromatic rings. The summed E-state index contributed by atoms with van der Waals surface area (Å²) in [4.78, 5) is 14.7. The van der Waals surface area contributed by atoms with Crippen molar-refractivity contribution in [1.82, 2.24) is 0 Å². The molecule has 0 fully saturated rings. The lowest BCUT2D eigenvalue weighted by Crippen LogP contribution is -2.38. The van der Waals surface area contributed by atoms with Crippen LogP contribution in [0.3, 0.4) is 0 Å². The minimum absolute atomic E-state index is 0.154. The summed E-state index contributed by atoms with van der Waals surface area (Å²) in [6.07, 6.45) is 0. The van der Waals surface area contributed by atoms with Gasteiger partial charge in [-0.15, -0.1) is 0 Å². The van der Waals surface area contributed by atoms with E-state index < -0.39 is 0 Å². The summed E-state index contributed by atoms with van der Waals surface area (Å²) >= 11 is 6.17. The zero-order chi connectivity index (χ0) is 19.3. The Balaban J connectivity index is 2.18. The molecule has 0 heterocycles. The second-order valence-electron chi connectivity index (χ2n) is 6.29. The van der Waals surface area contributed by atoms with E-state index in [1.54, 1.807) is 12.1 Å². The molecule has 0 aliphatic heterocycles. The summed E-state index contributed by atoms with van der Waals surface area (Å²) in [6, 6.07) is 11.6. The van der Waals surface area contributed by atoms with Gasteiger partial charge >= 0.3 is 0 Å². The number of amides is 1. The summed E-state index contributed by atoms with van der Waals surface area (Å²) in [6.45, 7) is 6.36. The van der Waals surface area contributed by atoms with Crippen LogP contribution in [-0.4, -0.2) is 32.7 Å². The Morgan fingerprint density at radius 1 is 1.12 bits per heavy atom. The Kier molecular flexibility index (Phi) is 6.75. The number of carbonyl (C=O) groups excluding carboxylic acids is 1. The maximum absolute atomic E-state index is 12.6. The van der Waals surface area contributed by atoms with Gasteiger partial charge in [-0.05, 0) is 39.0 Å². The number of nitrogens with one attached hydrogen (secondary N) is 1. The van der Waals surface area contributed by atoms with Crippen LogP contribution in [0.4, 0.5) is 11.4 Å². The van der Waals surface area contributed by atoms with Gasteiger partial charge in [-0.1, -0.05) is 29.3 Å². The summed E-state index contributed by atoms with van der Waals surface area (Å²) in [5.41, 5.74) is 2.69. The number of rotatable bonds is 7. The van der Waals surface area contributed by atoms with Crippen molar-refractivity contribution in [3.05, 3.63) is 47.0 Å². The van der Waals surface area contributed by atoms with Gasteiger partial charge in [0, 0.05) is 17.8 Å². The first-order chi connectivity index (χ1) is 12.3. The van der Waals surface area contributed by atoms with Crippen molar-refractivity contribution < 1.29 is 14.3 Å². The number of nitrogens with zero attached hydrogens (tertiary/aromatic N) is 1. The fourth-order valence-corrected chi connectivity index (χ4v) is 2.85. The lowest BCUT2D eigenvalue weighted by Gasteiger charge is -2.28. The van der Waals surface area contributed by atoms with Gasteiger partial charge in [0.2, 0.25) is 5.91 Å². The Labute approximate surface area is 159 Å². The summed E-state index contributed by atoms with van der Waals surface area (Å²) in [7, 11) is 3.06. The molecular weight excluding hydrogens is 352 g/mol. The van der Waals surface area contributed by atoms with E-state index in [2.05, 4.69) is 19.2 Å². The van der Waals surface area contributed by atoms with Crippen molar-refractivity contribution in [3.63, 3.8) is 0 Å². The van der Waals surface area contributed by atoms with E-state index in [9.17, 15) is 4.79 Å². The number of benzene rings is 2. The van der Waals surface area contributed by atoms with Crippen molar-refractivity contribution in [3.8, 4) is 11.5 Å². The average molecular weight is 377 g/mol. The molecule has 5 nitrogen and oxygen atoms in total. The van der Waals surface area contributed by atoms with Gasteiger partial charge in [-0.3, -0.25) is 4.79 Å². The van der Waals surface area contributed by atoms with Gasteiger partial charge in [0.15, 0.2) is 0 Å². The number of hydrogen-bond donors (Lipinski definition) is 1. The maximum Gasteiger partial charge on any atom is 0.244 e. The van der Waals surface area contributed by atoms with Crippen LogP contribution < -0.4 is 19.7 Å². The van der Waals surface area contributed by atoms with E-state index in [0.717, 1.165) is 5.69 Å². The SMILES string of the molecule is COc1cc(OC)c(NC(=O)CN(c2ccc(C)cc2)C(C)C)cc1Cl. The molecule has 0 aromatic heterocycles. The minimum atomic E-state index is -0.154. The summed E-state index contributed by atoms with van der Waals surface area (Å²) < 4.78 is 10.5. The van der Waals surface area contributed by atoms with E-state index in [1.165, 1.54) is 19.8 Å². The molecule has 6 heteroatoms. The van der Waals surface area contributed by atoms with Crippen LogP contribution in [0, 0.1) is 6.92 Å². The molecule has 0 saturated heterocycles. The molecule has 2 rings (SSSR count). The zero-order valence-corrected chi connectivity index (χ0v) is 16.6. The molecule has 1 amide bonds. The first kappa shape index (κ1) is 19.9. The zero-order valence-electron chi connectivity index (χ0n) is 15.8. The van der Waals surface area contributed by atoms with Crippen molar-refractivity contribution in [1.29, 1.82) is 0 Å². The summed E-state index contributed by atoms with van der Waals surface area (Å²) in [5, 5.41) is 3.28. The highest BCUT2D eigenvalue weighted by molar-refractivity contribution is 6.32. The van der Waals surface area contributed by atoms with Crippen LogP contribution >= 0.6 is 11.6 Å². The number of aryl methyl sites for hydroxylation is 1. The minimum Gasteiger partial charge on any atom is -0.495 e. The second-order valence-corrected chi connectivity index (χ2v) is 6.70. The Bertz CT molecular complexity index is 760. The maximum atomic E-state index is 12.6. The first-order valence-electron chi connectivity index (χ1n) is 8.40. The van der Waals surface area contributed by atoms with Crippen LogP contribution in [0.1, 0.15) is 19.4 Å². The lowest BCUT2D eigenvalue weighted by molar-refractivity contribution is -0.115. The highest BCUT2D eigenvalue weighted by atomic mass is 35.5. The molecule has 0 aliphatic rings. The molecule has 0 atom stereocenters. The number of carbonyl (C=O) groups is 1. The van der Waals surface area contributed by atoms with Crippen LogP contribution in [0.15, 0.2) is 36.4 Å². The summed E-state index contributed by atoms with van der Waals surface area (Å²) in [5.74, 6) is 0.829. The fraction of sp³-hybridized carbons (Fsp3) is 0.350. The molecule has 2 aromatic carbocycles. The molecule has 0 spiro atoms. The fourth-order valence-electron chi connectivity index (χ4n) is 2.61. The third kappa shape index (κ3) is 4.82. The Morgan fingerprint density at radius 3 is 2.27 bits per heavy atom. The number of methoxy groups -OCH3 is 2. The molecule has 26 heavy (non-hydrogen) atoms. The van der Waals surface area contributed by atoms with Crippen LogP contribution in [0.2, 0.25) is 5.02 Å². The number of halogens is 1. The van der Waals surface area contributed by atoms with Gasteiger partial charge in [0.1, 0.15) is 11.5 Å². The molecule has 140 valence electrons. The largest absolute Gasteiger partial charge is 0.495 e. The normalized spacial score (nSPS) is 10.6. The molecule has 0 saturated carbocycles. The van der Waals surface area contributed by atoms with Gasteiger partial charge < -0.3 is 19.7 Å². The number of anilines is 2. The van der Waals surface area contributed by atoms with Gasteiger partial charge in [0.25, 0.3) is 0 Å². The average Bonchev–Trinajstić information content (AvgIpc) is 2.60. The predicted molar refractivity (Wildman–Crippen MR) is 107 cm³/mol. The highest BCUT2D eigenvalue weighted by Crippen LogP contribution is 2.35. The van der Waals surface area contributed by atoms with Gasteiger partial charge in [0.05, 0.1) is 31.5 Å². The van der Waals surface area contributed by atoms with Gasteiger partial charge in [-0.25, -0.2) is 0 Å². The second kappa shape index (κ2) is 8.81. The Morgan fingerprint density at radius 2 is 1.73 bits per heavy atom. The molecule has 1 N–H and O–H groups in total. The van der Waals surface area contributed by atoms with E-state index in [-0.39, 0.29) is 18.5 Å². The van der Waals surface area contributed by atoms with Gasteiger partial charge in [-0.2, -0.15) is 0 Å².